The van der Waals surface area contributed by atoms with Gasteiger partial charge < -0.3 is 0 Å². The molecule has 0 aromatic carbocycles. The summed E-state index contributed by atoms with van der Waals surface area (Å²) in [6, 6.07) is 0. The van der Waals surface area contributed by atoms with E-state index in [0.29, 0.717) is 23.7 Å². The molecule has 0 radical (unpaired) electrons. The standard InChI is InChI=1S/C20H32/c1-13(2)17-9-10-19(15(5)6)20(16(7)8)12-11-18(17)14(3)4/h9-16H,1-8H3/b10-9-,12-11-,17-9?,18-11?,18-17-,19-10?,20-12?,20-19-. The maximum atomic E-state index is 2.36. The highest BCUT2D eigenvalue weighted by molar-refractivity contribution is 5.47. The first-order valence-electron chi connectivity index (χ1n) is 8.09. The van der Waals surface area contributed by atoms with Gasteiger partial charge in [-0.05, 0) is 46.0 Å². The van der Waals surface area contributed by atoms with Crippen LogP contribution in [-0.2, 0) is 0 Å². The zero-order valence-corrected chi connectivity index (χ0v) is 14.6. The minimum Gasteiger partial charge on any atom is -0.0587 e. The molecule has 0 saturated carbocycles. The van der Waals surface area contributed by atoms with Crippen molar-refractivity contribution in [3.8, 4) is 0 Å². The van der Waals surface area contributed by atoms with Crippen LogP contribution in [0.25, 0.3) is 0 Å². The normalized spacial score (nSPS) is 27.4. The van der Waals surface area contributed by atoms with Gasteiger partial charge in [-0.25, -0.2) is 0 Å². The van der Waals surface area contributed by atoms with Crippen LogP contribution in [0.15, 0.2) is 46.6 Å². The smallest absolute Gasteiger partial charge is 0.0216 e. The van der Waals surface area contributed by atoms with Crippen LogP contribution < -0.4 is 0 Å². The molecule has 0 spiro atoms. The SMILES string of the molecule is CC(C)C1=C(C(C)C)/C=C\C(C(C)C)=C(C(C)C)/C=C\1. The Kier molecular flexibility index (Phi) is 6.05. The Balaban J connectivity index is 3.41. The second kappa shape index (κ2) is 7.11. The lowest BCUT2D eigenvalue weighted by molar-refractivity contribution is 0.706. The van der Waals surface area contributed by atoms with Crippen LogP contribution in [0.3, 0.4) is 0 Å². The summed E-state index contributed by atoms with van der Waals surface area (Å²) >= 11 is 0. The molecule has 0 atom stereocenters. The summed E-state index contributed by atoms with van der Waals surface area (Å²) in [5, 5.41) is 0. The molecular weight excluding hydrogens is 240 g/mol. The van der Waals surface area contributed by atoms with Crippen molar-refractivity contribution in [2.24, 2.45) is 23.7 Å². The highest BCUT2D eigenvalue weighted by atomic mass is 14.2. The Morgan fingerprint density at radius 2 is 0.550 bits per heavy atom. The Morgan fingerprint density at radius 3 is 0.650 bits per heavy atom. The third-order valence-electron chi connectivity index (χ3n) is 4.04. The van der Waals surface area contributed by atoms with Gasteiger partial charge >= 0.3 is 0 Å². The van der Waals surface area contributed by atoms with Gasteiger partial charge in [0.15, 0.2) is 0 Å². The van der Waals surface area contributed by atoms with Crippen molar-refractivity contribution in [2.75, 3.05) is 0 Å². The van der Waals surface area contributed by atoms with E-state index in [1.807, 2.05) is 0 Å². The predicted octanol–water partition coefficient (Wildman–Crippen LogP) is 6.33. The summed E-state index contributed by atoms with van der Waals surface area (Å²) in [4.78, 5) is 0. The molecule has 0 amide bonds. The predicted molar refractivity (Wildman–Crippen MR) is 91.7 cm³/mol. The van der Waals surface area contributed by atoms with Gasteiger partial charge in [-0.15, -0.1) is 0 Å². The minimum absolute atomic E-state index is 0.572. The third-order valence-corrected chi connectivity index (χ3v) is 4.04. The molecule has 0 bridgehead atoms. The van der Waals surface area contributed by atoms with Crippen molar-refractivity contribution in [2.45, 2.75) is 55.4 Å². The molecule has 0 nitrogen and oxygen atoms in total. The van der Waals surface area contributed by atoms with Crippen LogP contribution >= 0.6 is 0 Å². The van der Waals surface area contributed by atoms with E-state index in [1.54, 1.807) is 0 Å². The summed E-state index contributed by atoms with van der Waals surface area (Å²) in [7, 11) is 0. The van der Waals surface area contributed by atoms with Crippen molar-refractivity contribution in [3.05, 3.63) is 46.6 Å². The summed E-state index contributed by atoms with van der Waals surface area (Å²) < 4.78 is 0. The van der Waals surface area contributed by atoms with Gasteiger partial charge in [-0.3, -0.25) is 0 Å². The lowest BCUT2D eigenvalue weighted by Gasteiger charge is -2.22. The number of rotatable bonds is 4. The number of allylic oxidation sites excluding steroid dienone is 8. The topological polar surface area (TPSA) is 0 Å². The molecule has 0 heteroatoms. The fourth-order valence-corrected chi connectivity index (χ4v) is 2.85. The van der Waals surface area contributed by atoms with E-state index >= 15 is 0 Å². The average Bonchev–Trinajstić information content (AvgIpc) is 2.26. The summed E-state index contributed by atoms with van der Waals surface area (Å²) in [5.41, 5.74) is 5.93. The van der Waals surface area contributed by atoms with E-state index in [9.17, 15) is 0 Å². The maximum absolute atomic E-state index is 2.36. The Morgan fingerprint density at radius 1 is 0.400 bits per heavy atom. The second-order valence-corrected chi connectivity index (χ2v) is 7.11. The van der Waals surface area contributed by atoms with E-state index < -0.39 is 0 Å². The van der Waals surface area contributed by atoms with E-state index in [4.69, 9.17) is 0 Å². The van der Waals surface area contributed by atoms with E-state index in [0.717, 1.165) is 0 Å². The summed E-state index contributed by atoms with van der Waals surface area (Å²) in [6.45, 7) is 18.3. The molecule has 0 saturated heterocycles. The van der Waals surface area contributed by atoms with Crippen LogP contribution in [0.1, 0.15) is 55.4 Å². The van der Waals surface area contributed by atoms with Crippen molar-refractivity contribution in [3.63, 3.8) is 0 Å². The number of hydrogen-bond acceptors (Lipinski definition) is 0. The molecule has 0 fully saturated rings. The maximum Gasteiger partial charge on any atom is -0.0216 e. The quantitative estimate of drug-likeness (QED) is 0.561. The first-order valence-corrected chi connectivity index (χ1v) is 8.09. The average molecular weight is 272 g/mol. The fourth-order valence-electron chi connectivity index (χ4n) is 2.85. The Hall–Kier alpha value is -1.04. The summed E-state index contributed by atoms with van der Waals surface area (Å²) in [5.74, 6) is 2.29. The molecule has 0 aromatic rings. The van der Waals surface area contributed by atoms with E-state index in [1.165, 1.54) is 22.3 Å². The van der Waals surface area contributed by atoms with Gasteiger partial charge in [0.1, 0.15) is 0 Å². The van der Waals surface area contributed by atoms with Crippen LogP contribution in [-0.4, -0.2) is 0 Å². The first-order chi connectivity index (χ1) is 9.25. The third kappa shape index (κ3) is 3.98. The zero-order chi connectivity index (χ0) is 15.4. The fraction of sp³-hybridized carbons (Fsp3) is 0.600. The van der Waals surface area contributed by atoms with Gasteiger partial charge in [0.05, 0.1) is 0 Å². The van der Waals surface area contributed by atoms with E-state index in [2.05, 4.69) is 79.7 Å². The largest absolute Gasteiger partial charge is 0.0587 e. The lowest BCUT2D eigenvalue weighted by Crippen LogP contribution is -2.07. The Labute approximate surface area is 126 Å². The van der Waals surface area contributed by atoms with Gasteiger partial charge in [0.2, 0.25) is 0 Å². The van der Waals surface area contributed by atoms with Crippen molar-refractivity contribution >= 4 is 0 Å². The minimum atomic E-state index is 0.572. The molecular formula is C20H32. The molecule has 0 unspecified atom stereocenters. The molecule has 1 rings (SSSR count). The van der Waals surface area contributed by atoms with Crippen LogP contribution in [0, 0.1) is 23.7 Å². The molecule has 20 heavy (non-hydrogen) atoms. The van der Waals surface area contributed by atoms with Gasteiger partial charge in [0, 0.05) is 0 Å². The Bertz CT molecular complexity index is 364. The molecule has 0 aromatic heterocycles. The molecule has 1 aliphatic carbocycles. The monoisotopic (exact) mass is 272 g/mol. The van der Waals surface area contributed by atoms with Gasteiger partial charge in [-0.2, -0.15) is 0 Å². The molecule has 112 valence electrons. The highest BCUT2D eigenvalue weighted by Crippen LogP contribution is 2.31. The van der Waals surface area contributed by atoms with Gasteiger partial charge in [0.25, 0.3) is 0 Å². The van der Waals surface area contributed by atoms with Crippen molar-refractivity contribution in [1.29, 1.82) is 0 Å². The molecule has 0 aliphatic heterocycles. The van der Waals surface area contributed by atoms with Crippen LogP contribution in [0.5, 0.6) is 0 Å². The van der Waals surface area contributed by atoms with Crippen LogP contribution in [0.4, 0.5) is 0 Å². The lowest BCUT2D eigenvalue weighted by atomic mass is 9.83. The highest BCUT2D eigenvalue weighted by Gasteiger charge is 2.15. The molecule has 0 N–H and O–H groups in total. The zero-order valence-electron chi connectivity index (χ0n) is 14.6. The van der Waals surface area contributed by atoms with Crippen molar-refractivity contribution in [1.82, 2.24) is 0 Å². The van der Waals surface area contributed by atoms with Crippen LogP contribution in [0.2, 0.25) is 0 Å². The molecule has 0 heterocycles. The molecule has 1 aliphatic rings. The second-order valence-electron chi connectivity index (χ2n) is 7.11. The van der Waals surface area contributed by atoms with Gasteiger partial charge in [-0.1, -0.05) is 79.7 Å². The first kappa shape index (κ1) is 17.0. The van der Waals surface area contributed by atoms with Crippen molar-refractivity contribution < 1.29 is 0 Å². The summed E-state index contributed by atoms with van der Waals surface area (Å²) in [6.07, 6.45) is 9.45. The van der Waals surface area contributed by atoms with E-state index in [-0.39, 0.29) is 0 Å². The number of hydrogen-bond donors (Lipinski definition) is 0.